The predicted octanol–water partition coefficient (Wildman–Crippen LogP) is 11.8. The molecule has 0 aromatic carbocycles. The average Bonchev–Trinajstić information content (AvgIpc) is 2.69. The Bertz CT molecular complexity index is 365. The van der Waals surface area contributed by atoms with Crippen LogP contribution in [0.2, 0.25) is 13.1 Å². The van der Waals surface area contributed by atoms with Crippen molar-refractivity contribution in [3.63, 3.8) is 0 Å². The molecule has 0 aliphatic carbocycles. The molecule has 0 fully saturated rings. The summed E-state index contributed by atoms with van der Waals surface area (Å²) in [6.07, 6.45) is 28.7. The molecule has 0 spiro atoms. The fourth-order valence-corrected chi connectivity index (χ4v) is 25.6. The fourth-order valence-electron chi connectivity index (χ4n) is 5.37. The number of unbranched alkanes of at least 4 members (excludes halogenated alkanes) is 15. The quantitative estimate of drug-likeness (QED) is 0.0551. The van der Waals surface area contributed by atoms with Crippen LogP contribution < -0.4 is 0 Å². The summed E-state index contributed by atoms with van der Waals surface area (Å²) in [5.41, 5.74) is 0. The molecule has 0 heterocycles. The van der Waals surface area contributed by atoms with Crippen LogP contribution in [-0.2, 0) is 0 Å². The van der Waals surface area contributed by atoms with Crippen molar-refractivity contribution < 1.29 is 0 Å². The molecule has 0 aromatic heterocycles. The van der Waals surface area contributed by atoms with Gasteiger partial charge in [0.2, 0.25) is 0 Å². The number of hydrogen-bond donors (Lipinski definition) is 0. The summed E-state index contributed by atoms with van der Waals surface area (Å²) in [5, 5.41) is 0. The maximum atomic E-state index is 7.98. The third-order valence-electron chi connectivity index (χ3n) is 6.98. The van der Waals surface area contributed by atoms with E-state index in [1.165, 1.54) is 140 Å². The first-order chi connectivity index (χ1) is 14.7. The Labute approximate surface area is 208 Å². The van der Waals surface area contributed by atoms with Crippen molar-refractivity contribution in [1.29, 1.82) is 0 Å². The van der Waals surface area contributed by atoms with Crippen molar-refractivity contribution in [3.05, 3.63) is 0 Å². The Hall–Kier alpha value is 1.23. The molecular weight excluding hydrogens is 454 g/mol. The normalized spacial score (nSPS) is 14.0. The van der Waals surface area contributed by atoms with Gasteiger partial charge < -0.3 is 0 Å². The van der Waals surface area contributed by atoms with Crippen LogP contribution in [0, 0.1) is 0 Å². The summed E-state index contributed by atoms with van der Waals surface area (Å²) in [6, 6.07) is 0. The van der Waals surface area contributed by atoms with E-state index in [-0.39, 0.29) is 0 Å². The van der Waals surface area contributed by atoms with E-state index in [1.54, 1.807) is 0 Å². The number of hydrogen-bond acceptors (Lipinski definition) is 0. The molecule has 0 aliphatic heterocycles. The zero-order valence-electron chi connectivity index (χ0n) is 22.3. The Morgan fingerprint density at radius 3 is 1.00 bits per heavy atom. The van der Waals surface area contributed by atoms with E-state index in [1.807, 2.05) is 0 Å². The summed E-state index contributed by atoms with van der Waals surface area (Å²) in [6.45, 7) is 11.6. The first-order valence-corrected chi connectivity index (χ1v) is 22.2. The van der Waals surface area contributed by atoms with E-state index in [2.05, 4.69) is 33.9 Å². The number of halogens is 2. The van der Waals surface area contributed by atoms with E-state index in [4.69, 9.17) is 22.3 Å². The van der Waals surface area contributed by atoms with Crippen LogP contribution in [-0.4, -0.2) is 31.7 Å². The van der Waals surface area contributed by atoms with Crippen LogP contribution in [0.3, 0.4) is 0 Å². The molecule has 0 radical (unpaired) electrons. The van der Waals surface area contributed by atoms with Crippen molar-refractivity contribution in [1.82, 2.24) is 0 Å². The summed E-state index contributed by atoms with van der Waals surface area (Å²) in [5.74, 6) is -1.02. The van der Waals surface area contributed by atoms with Gasteiger partial charge in [-0.05, 0) is 0 Å². The Morgan fingerprint density at radius 1 is 0.484 bits per heavy atom. The first-order valence-electron chi connectivity index (χ1n) is 14.1. The molecule has 0 aliphatic rings. The summed E-state index contributed by atoms with van der Waals surface area (Å²) in [4.78, 5) is 0. The van der Waals surface area contributed by atoms with Gasteiger partial charge in [0.05, 0.1) is 0 Å². The van der Waals surface area contributed by atoms with Gasteiger partial charge in [-0.15, -0.1) is 0 Å². The molecule has 0 saturated heterocycles. The van der Waals surface area contributed by atoms with Crippen molar-refractivity contribution in [2.45, 2.75) is 149 Å². The van der Waals surface area contributed by atoms with Crippen molar-refractivity contribution >= 4 is 35.7 Å². The van der Waals surface area contributed by atoms with Crippen LogP contribution >= 0.6 is 28.3 Å². The van der Waals surface area contributed by atoms with Crippen molar-refractivity contribution in [3.8, 4) is 0 Å². The van der Waals surface area contributed by atoms with Gasteiger partial charge in [-0.25, -0.2) is 0 Å². The molecule has 0 nitrogen and oxygen atoms in total. The van der Waals surface area contributed by atoms with E-state index in [0.717, 1.165) is 0 Å². The van der Waals surface area contributed by atoms with Gasteiger partial charge in [0, 0.05) is 0 Å². The van der Waals surface area contributed by atoms with E-state index < -0.39 is 13.3 Å². The van der Waals surface area contributed by atoms with Gasteiger partial charge in [0.25, 0.3) is 0 Å². The first kappa shape index (κ1) is 32.2. The third-order valence-corrected chi connectivity index (χ3v) is 21.1. The van der Waals surface area contributed by atoms with Gasteiger partial charge in [-0.1, -0.05) is 0 Å². The zero-order chi connectivity index (χ0) is 23.5. The van der Waals surface area contributed by atoms with Crippen LogP contribution in [0.15, 0.2) is 0 Å². The van der Waals surface area contributed by atoms with Gasteiger partial charge in [0.1, 0.15) is 0 Å². The van der Waals surface area contributed by atoms with E-state index in [0.29, 0.717) is 0 Å². The maximum absolute atomic E-state index is 7.98. The van der Waals surface area contributed by atoms with Crippen LogP contribution in [0.5, 0.6) is 0 Å². The predicted molar refractivity (Wildman–Crippen MR) is 156 cm³/mol. The van der Waals surface area contributed by atoms with Crippen LogP contribution in [0.1, 0.15) is 136 Å². The fraction of sp³-hybridized carbons (Fsp3) is 1.00. The molecule has 0 atom stereocenters. The molecule has 0 unspecified atom stereocenters. The van der Waals surface area contributed by atoms with Gasteiger partial charge in [-0.2, -0.15) is 0 Å². The number of rotatable bonds is 23. The van der Waals surface area contributed by atoms with Crippen LogP contribution in [0.25, 0.3) is 0 Å². The second-order valence-corrected chi connectivity index (χ2v) is 26.8. The summed E-state index contributed by atoms with van der Waals surface area (Å²) >= 11 is 15.0. The molecule has 0 aromatic rings. The van der Waals surface area contributed by atoms with Crippen molar-refractivity contribution in [2.24, 2.45) is 0 Å². The summed E-state index contributed by atoms with van der Waals surface area (Å²) < 4.78 is 0. The molecule has 0 saturated carbocycles. The third kappa shape index (κ3) is 18.3. The second-order valence-electron chi connectivity index (χ2n) is 11.2. The SMILES string of the molecule is CCCCCCCCP(Cl)(CCCCCCCC)(CCCCCCCC)C[Si](C)(C)Cl. The molecule has 0 N–H and O–H groups in total. The van der Waals surface area contributed by atoms with E-state index >= 15 is 0 Å². The standard InChI is InChI=1S/C27H59Cl2PSi/c1-6-9-12-15-18-21-24-30(28,27-31(4,5)29,25-22-19-16-13-10-7-2)26-23-20-17-14-11-8-3/h6-27H2,1-5H3. The molecular formula is C27H59Cl2PSi. The van der Waals surface area contributed by atoms with Crippen LogP contribution in [0.4, 0.5) is 0 Å². The van der Waals surface area contributed by atoms with Gasteiger partial charge >= 0.3 is 209 Å². The topological polar surface area (TPSA) is 0 Å². The Morgan fingerprint density at radius 2 is 0.742 bits per heavy atom. The Kier molecular flexibility index (Phi) is 19.3. The minimum atomic E-state index is -2.23. The summed E-state index contributed by atoms with van der Waals surface area (Å²) in [7, 11) is -1.71. The Balaban J connectivity index is 5.03. The minimum absolute atomic E-state index is 1.21. The second kappa shape index (κ2) is 18.5. The average molecular weight is 514 g/mol. The van der Waals surface area contributed by atoms with Crippen molar-refractivity contribution in [2.75, 3.05) is 24.3 Å². The molecule has 0 amide bonds. The zero-order valence-corrected chi connectivity index (χ0v) is 25.7. The van der Waals surface area contributed by atoms with Gasteiger partial charge in [-0.3, -0.25) is 0 Å². The van der Waals surface area contributed by atoms with Gasteiger partial charge in [0.15, 0.2) is 0 Å². The molecule has 31 heavy (non-hydrogen) atoms. The monoisotopic (exact) mass is 512 g/mol. The molecule has 190 valence electrons. The molecule has 0 rings (SSSR count). The molecule has 0 bridgehead atoms. The van der Waals surface area contributed by atoms with E-state index in [9.17, 15) is 0 Å². The molecule has 4 heteroatoms.